The second kappa shape index (κ2) is 8.50. The van der Waals surface area contributed by atoms with Crippen LogP contribution in [0.4, 0.5) is 0 Å². The lowest BCUT2D eigenvalue weighted by atomic mass is 10.1. The van der Waals surface area contributed by atoms with Crippen molar-refractivity contribution < 1.29 is 4.79 Å². The highest BCUT2D eigenvalue weighted by atomic mass is 32.1. The molecular formula is C21H30N4OS. The Morgan fingerprint density at radius 1 is 1.19 bits per heavy atom. The van der Waals surface area contributed by atoms with Gasteiger partial charge in [0.05, 0.1) is 11.7 Å². The minimum atomic E-state index is -0.186. The van der Waals surface area contributed by atoms with Crippen molar-refractivity contribution in [2.24, 2.45) is 0 Å². The SMILES string of the molecule is CC(C(=O)NC(C)(C)C)N1CCN(Cc2csc(-c3ccccc3)n2)CC1. The number of carbonyl (C=O) groups is 1. The van der Waals surface area contributed by atoms with Crippen LogP contribution in [-0.4, -0.2) is 58.5 Å². The normalized spacial score (nSPS) is 17.6. The first-order valence-corrected chi connectivity index (χ1v) is 10.5. The topological polar surface area (TPSA) is 48.5 Å². The summed E-state index contributed by atoms with van der Waals surface area (Å²) in [6.07, 6.45) is 0. The average Bonchev–Trinajstić information content (AvgIpc) is 3.09. The fraction of sp³-hybridized carbons (Fsp3) is 0.524. The van der Waals surface area contributed by atoms with Crippen LogP contribution < -0.4 is 5.32 Å². The highest BCUT2D eigenvalue weighted by Gasteiger charge is 2.27. The molecule has 1 amide bonds. The zero-order valence-corrected chi connectivity index (χ0v) is 17.6. The Morgan fingerprint density at radius 3 is 2.48 bits per heavy atom. The van der Waals surface area contributed by atoms with Gasteiger partial charge >= 0.3 is 0 Å². The van der Waals surface area contributed by atoms with Crippen molar-refractivity contribution in [3.8, 4) is 10.6 Å². The summed E-state index contributed by atoms with van der Waals surface area (Å²) in [6.45, 7) is 12.7. The second-order valence-electron chi connectivity index (χ2n) is 8.24. The molecule has 0 spiro atoms. The summed E-state index contributed by atoms with van der Waals surface area (Å²) in [6, 6.07) is 10.2. The Morgan fingerprint density at radius 2 is 1.85 bits per heavy atom. The molecule has 3 rings (SSSR count). The molecule has 0 bridgehead atoms. The third kappa shape index (κ3) is 5.61. The van der Waals surface area contributed by atoms with E-state index in [0.717, 1.165) is 43.4 Å². The first-order chi connectivity index (χ1) is 12.8. The fourth-order valence-electron chi connectivity index (χ4n) is 3.27. The van der Waals surface area contributed by atoms with Crippen LogP contribution in [0.5, 0.6) is 0 Å². The Kier molecular flexibility index (Phi) is 6.29. The van der Waals surface area contributed by atoms with Crippen LogP contribution >= 0.6 is 11.3 Å². The maximum Gasteiger partial charge on any atom is 0.237 e. The number of hydrogen-bond acceptors (Lipinski definition) is 5. The highest BCUT2D eigenvalue weighted by molar-refractivity contribution is 7.13. The minimum Gasteiger partial charge on any atom is -0.350 e. The van der Waals surface area contributed by atoms with E-state index in [1.54, 1.807) is 11.3 Å². The number of aromatic nitrogens is 1. The van der Waals surface area contributed by atoms with E-state index in [2.05, 4.69) is 32.6 Å². The van der Waals surface area contributed by atoms with Crippen molar-refractivity contribution >= 4 is 17.2 Å². The minimum absolute atomic E-state index is 0.0877. The molecular weight excluding hydrogens is 356 g/mol. The summed E-state index contributed by atoms with van der Waals surface area (Å²) in [7, 11) is 0. The number of hydrogen-bond donors (Lipinski definition) is 1. The molecule has 5 nitrogen and oxygen atoms in total. The van der Waals surface area contributed by atoms with Gasteiger partial charge in [0.1, 0.15) is 5.01 Å². The molecule has 0 saturated carbocycles. The van der Waals surface area contributed by atoms with Gasteiger partial charge in [-0.1, -0.05) is 30.3 Å². The van der Waals surface area contributed by atoms with Gasteiger partial charge in [0.25, 0.3) is 0 Å². The fourth-order valence-corrected chi connectivity index (χ4v) is 4.09. The standard InChI is InChI=1S/C21H30N4OS/c1-16(19(26)23-21(2,3)4)25-12-10-24(11-13-25)14-18-15-27-20(22-18)17-8-6-5-7-9-17/h5-9,15-16H,10-14H2,1-4H3,(H,23,26). The first-order valence-electron chi connectivity index (χ1n) is 9.60. The summed E-state index contributed by atoms with van der Waals surface area (Å²) < 4.78 is 0. The molecule has 2 heterocycles. The maximum absolute atomic E-state index is 12.4. The third-order valence-corrected chi connectivity index (χ3v) is 5.73. The van der Waals surface area contributed by atoms with Gasteiger partial charge in [-0.2, -0.15) is 0 Å². The number of amides is 1. The summed E-state index contributed by atoms with van der Waals surface area (Å²) >= 11 is 1.70. The van der Waals surface area contributed by atoms with Crippen molar-refractivity contribution in [2.45, 2.75) is 45.8 Å². The Bertz CT molecular complexity index is 745. The third-order valence-electron chi connectivity index (χ3n) is 4.79. The Hall–Kier alpha value is -1.76. The van der Waals surface area contributed by atoms with Gasteiger partial charge in [-0.05, 0) is 27.7 Å². The van der Waals surface area contributed by atoms with Crippen LogP contribution in [0, 0.1) is 0 Å². The molecule has 1 unspecified atom stereocenters. The average molecular weight is 387 g/mol. The number of piperazine rings is 1. The van der Waals surface area contributed by atoms with Gasteiger partial charge in [0.2, 0.25) is 5.91 Å². The summed E-state index contributed by atoms with van der Waals surface area (Å²) in [5.74, 6) is 0.114. The van der Waals surface area contributed by atoms with Crippen LogP contribution in [-0.2, 0) is 11.3 Å². The zero-order chi connectivity index (χ0) is 19.4. The van der Waals surface area contributed by atoms with Gasteiger partial charge in [0, 0.05) is 49.2 Å². The number of nitrogens with zero attached hydrogens (tertiary/aromatic N) is 3. The molecule has 1 aliphatic rings. The monoisotopic (exact) mass is 386 g/mol. The van der Waals surface area contributed by atoms with E-state index in [1.165, 1.54) is 5.56 Å². The highest BCUT2D eigenvalue weighted by Crippen LogP contribution is 2.24. The lowest BCUT2D eigenvalue weighted by Gasteiger charge is -2.38. The molecule has 27 heavy (non-hydrogen) atoms. The lowest BCUT2D eigenvalue weighted by molar-refractivity contribution is -0.128. The molecule has 1 aromatic heterocycles. The van der Waals surface area contributed by atoms with E-state index < -0.39 is 0 Å². The number of nitrogens with one attached hydrogen (secondary N) is 1. The van der Waals surface area contributed by atoms with E-state index in [0.29, 0.717) is 0 Å². The van der Waals surface area contributed by atoms with Gasteiger partial charge in [0.15, 0.2) is 0 Å². The zero-order valence-electron chi connectivity index (χ0n) is 16.7. The molecule has 146 valence electrons. The van der Waals surface area contributed by atoms with E-state index in [4.69, 9.17) is 4.98 Å². The number of carbonyl (C=O) groups excluding carboxylic acids is 1. The second-order valence-corrected chi connectivity index (χ2v) is 9.10. The van der Waals surface area contributed by atoms with Crippen molar-refractivity contribution in [2.75, 3.05) is 26.2 Å². The largest absolute Gasteiger partial charge is 0.350 e. The Balaban J connectivity index is 1.50. The van der Waals surface area contributed by atoms with E-state index in [1.807, 2.05) is 45.9 Å². The molecule has 1 fully saturated rings. The summed E-state index contributed by atoms with van der Waals surface area (Å²) in [5, 5.41) is 6.32. The maximum atomic E-state index is 12.4. The van der Waals surface area contributed by atoms with Crippen LogP contribution in [0.2, 0.25) is 0 Å². The van der Waals surface area contributed by atoms with Crippen molar-refractivity contribution in [1.29, 1.82) is 0 Å². The Labute approximate surface area is 166 Å². The van der Waals surface area contributed by atoms with Crippen LogP contribution in [0.15, 0.2) is 35.7 Å². The lowest BCUT2D eigenvalue weighted by Crippen LogP contribution is -2.56. The van der Waals surface area contributed by atoms with Crippen LogP contribution in [0.3, 0.4) is 0 Å². The van der Waals surface area contributed by atoms with Gasteiger partial charge in [-0.15, -0.1) is 11.3 Å². The molecule has 0 aliphatic carbocycles. The van der Waals surface area contributed by atoms with Gasteiger partial charge in [-0.25, -0.2) is 4.98 Å². The molecule has 1 saturated heterocycles. The van der Waals surface area contributed by atoms with Crippen molar-refractivity contribution in [1.82, 2.24) is 20.1 Å². The molecule has 1 aliphatic heterocycles. The predicted octanol–water partition coefficient (Wildman–Crippen LogP) is 3.23. The molecule has 2 aromatic rings. The number of benzene rings is 1. The smallest absolute Gasteiger partial charge is 0.237 e. The van der Waals surface area contributed by atoms with Crippen molar-refractivity contribution in [3.05, 3.63) is 41.4 Å². The van der Waals surface area contributed by atoms with Crippen LogP contribution in [0.25, 0.3) is 10.6 Å². The quantitative estimate of drug-likeness (QED) is 0.857. The van der Waals surface area contributed by atoms with Crippen molar-refractivity contribution in [3.63, 3.8) is 0 Å². The molecule has 6 heteroatoms. The molecule has 1 N–H and O–H groups in total. The number of thiazole rings is 1. The van der Waals surface area contributed by atoms with Crippen LogP contribution in [0.1, 0.15) is 33.4 Å². The van der Waals surface area contributed by atoms with Gasteiger partial charge in [-0.3, -0.25) is 14.6 Å². The van der Waals surface area contributed by atoms with E-state index in [9.17, 15) is 4.79 Å². The molecule has 1 atom stereocenters. The van der Waals surface area contributed by atoms with E-state index in [-0.39, 0.29) is 17.5 Å². The predicted molar refractivity (Wildman–Crippen MR) is 112 cm³/mol. The summed E-state index contributed by atoms with van der Waals surface area (Å²) in [4.78, 5) is 21.9. The van der Waals surface area contributed by atoms with Gasteiger partial charge < -0.3 is 5.32 Å². The number of rotatable bonds is 5. The summed E-state index contributed by atoms with van der Waals surface area (Å²) in [5.41, 5.74) is 2.12. The molecule has 0 radical (unpaired) electrons. The van der Waals surface area contributed by atoms with E-state index >= 15 is 0 Å². The first kappa shape index (κ1) is 20.0. The molecule has 1 aromatic carbocycles.